The molecule has 0 fully saturated rings. The minimum absolute atomic E-state index is 0.161. The van der Waals surface area contributed by atoms with E-state index in [1.165, 1.54) is 5.57 Å². The van der Waals surface area contributed by atoms with Gasteiger partial charge in [0, 0.05) is 8.50 Å². The molecule has 0 heterocycles. The summed E-state index contributed by atoms with van der Waals surface area (Å²) >= 11 is 0. The van der Waals surface area contributed by atoms with Crippen molar-refractivity contribution in [3.63, 3.8) is 0 Å². The topological polar surface area (TPSA) is 9.23 Å². The van der Waals surface area contributed by atoms with Gasteiger partial charge < -0.3 is 4.52 Å². The Labute approximate surface area is 86.0 Å². The lowest BCUT2D eigenvalue weighted by Crippen LogP contribution is -2.21. The van der Waals surface area contributed by atoms with Gasteiger partial charge in [0.15, 0.2) is 0 Å². The summed E-state index contributed by atoms with van der Waals surface area (Å²) < 4.78 is 5.60. The highest BCUT2D eigenvalue weighted by Crippen LogP contribution is 2.33. The first kappa shape index (κ1) is 13.3. The molecule has 0 amide bonds. The van der Waals surface area contributed by atoms with Gasteiger partial charge in [0.25, 0.3) is 0 Å². The van der Waals surface area contributed by atoms with Gasteiger partial charge in [-0.1, -0.05) is 26.7 Å². The average molecular weight is 218 g/mol. The van der Waals surface area contributed by atoms with E-state index >= 15 is 0 Å². The van der Waals surface area contributed by atoms with Crippen LogP contribution in [0.15, 0.2) is 24.3 Å². The largest absolute Gasteiger partial charge is 0.348 e. The Morgan fingerprint density at radius 1 is 1.62 bits per heavy atom. The van der Waals surface area contributed by atoms with Gasteiger partial charge in [0.05, 0.1) is 5.60 Å². The molecule has 0 aliphatic rings. The zero-order chi connectivity index (χ0) is 10.3. The molecule has 0 saturated heterocycles. The lowest BCUT2D eigenvalue weighted by molar-refractivity contribution is 0.161. The summed E-state index contributed by atoms with van der Waals surface area (Å²) in [6.45, 7) is 10.1. The van der Waals surface area contributed by atoms with Gasteiger partial charge in [-0.25, -0.2) is 0 Å². The van der Waals surface area contributed by atoms with E-state index in [4.69, 9.17) is 4.52 Å². The third-order valence-corrected chi connectivity index (χ3v) is 2.85. The average Bonchev–Trinajstić information content (AvgIpc) is 2.04. The van der Waals surface area contributed by atoms with E-state index in [9.17, 15) is 0 Å². The Morgan fingerprint density at radius 3 is 2.62 bits per heavy atom. The van der Waals surface area contributed by atoms with Crippen molar-refractivity contribution in [1.82, 2.24) is 0 Å². The van der Waals surface area contributed by atoms with Crippen LogP contribution in [0.2, 0.25) is 0 Å². The number of hydrogen-bond donors (Lipinski definition) is 0. The van der Waals surface area contributed by atoms with Crippen LogP contribution in [-0.4, -0.2) is 5.60 Å². The van der Waals surface area contributed by atoms with E-state index in [0.29, 0.717) is 8.50 Å². The maximum atomic E-state index is 5.60. The number of rotatable bonds is 6. The molecule has 0 aromatic carbocycles. The number of allylic oxidation sites excluding steroid dienone is 2. The Morgan fingerprint density at radius 2 is 2.23 bits per heavy atom. The predicted molar refractivity (Wildman–Crippen MR) is 66.4 cm³/mol. The molecule has 0 aromatic heterocycles. The van der Waals surface area contributed by atoms with Crippen molar-refractivity contribution in [2.75, 3.05) is 0 Å². The van der Waals surface area contributed by atoms with Gasteiger partial charge >= 0.3 is 0 Å². The Kier molecular flexibility index (Phi) is 6.86. The van der Waals surface area contributed by atoms with Gasteiger partial charge in [-0.2, -0.15) is 0 Å². The zero-order valence-corrected chi connectivity index (χ0v) is 10.9. The van der Waals surface area contributed by atoms with Crippen LogP contribution in [0.1, 0.15) is 33.6 Å². The van der Waals surface area contributed by atoms with Gasteiger partial charge in [0.1, 0.15) is 0 Å². The van der Waals surface area contributed by atoms with Crippen molar-refractivity contribution in [3.8, 4) is 0 Å². The molecule has 76 valence electrons. The van der Waals surface area contributed by atoms with Crippen molar-refractivity contribution < 1.29 is 4.52 Å². The molecule has 3 heteroatoms. The lowest BCUT2D eigenvalue weighted by atomic mass is 10.00. The highest BCUT2D eigenvalue weighted by Gasteiger charge is 2.18. The molecule has 3 atom stereocenters. The summed E-state index contributed by atoms with van der Waals surface area (Å²) in [4.78, 5) is 0. The van der Waals surface area contributed by atoms with Crippen LogP contribution in [0.4, 0.5) is 0 Å². The molecule has 0 bridgehead atoms. The van der Waals surface area contributed by atoms with Gasteiger partial charge in [-0.3, -0.25) is 0 Å². The van der Waals surface area contributed by atoms with Crippen LogP contribution in [0, 0.1) is 0 Å². The van der Waals surface area contributed by atoms with E-state index in [-0.39, 0.29) is 5.60 Å². The molecule has 1 nitrogen and oxygen atoms in total. The van der Waals surface area contributed by atoms with Crippen LogP contribution >= 0.6 is 17.4 Å². The van der Waals surface area contributed by atoms with E-state index in [1.54, 1.807) is 0 Å². The molecule has 0 N–H and O–H groups in total. The van der Waals surface area contributed by atoms with Crippen LogP contribution in [0.25, 0.3) is 0 Å². The van der Waals surface area contributed by atoms with E-state index in [1.807, 2.05) is 6.08 Å². The second-order valence-corrected chi connectivity index (χ2v) is 4.70. The highest BCUT2D eigenvalue weighted by atomic mass is 32.0. The third kappa shape index (κ3) is 6.38. The summed E-state index contributed by atoms with van der Waals surface area (Å²) in [5, 5.41) is 0. The SMILES string of the molecule is C=CC(C)(CCC=C(C)C)OPP. The maximum absolute atomic E-state index is 5.60. The van der Waals surface area contributed by atoms with E-state index in [2.05, 4.69) is 42.4 Å². The number of hydrogen-bond acceptors (Lipinski definition) is 1. The molecule has 13 heavy (non-hydrogen) atoms. The van der Waals surface area contributed by atoms with Crippen LogP contribution in [-0.2, 0) is 4.52 Å². The molecule has 0 aromatic rings. The molecule has 0 radical (unpaired) electrons. The van der Waals surface area contributed by atoms with Crippen LogP contribution < -0.4 is 0 Å². The summed E-state index contributed by atoms with van der Waals surface area (Å²) in [5.74, 6) is 0. The molecule has 0 aliphatic carbocycles. The van der Waals surface area contributed by atoms with Crippen LogP contribution in [0.5, 0.6) is 0 Å². The molecular weight excluding hydrogens is 198 g/mol. The normalized spacial score (nSPS) is 15.7. The predicted octanol–water partition coefficient (Wildman–Crippen LogP) is 4.08. The summed E-state index contributed by atoms with van der Waals surface area (Å²) in [7, 11) is 3.04. The molecule has 0 rings (SSSR count). The smallest absolute Gasteiger partial charge is 0.0878 e. The minimum atomic E-state index is -0.161. The summed E-state index contributed by atoms with van der Waals surface area (Å²) in [6, 6.07) is 0. The quantitative estimate of drug-likeness (QED) is 0.482. The van der Waals surface area contributed by atoms with Crippen molar-refractivity contribution in [3.05, 3.63) is 24.3 Å². The Balaban J connectivity index is 3.97. The third-order valence-electron chi connectivity index (χ3n) is 1.92. The van der Waals surface area contributed by atoms with Gasteiger partial charge in [-0.05, 0) is 33.6 Å². The van der Waals surface area contributed by atoms with Crippen molar-refractivity contribution in [2.24, 2.45) is 0 Å². The fourth-order valence-electron chi connectivity index (χ4n) is 0.977. The first-order valence-electron chi connectivity index (χ1n) is 4.44. The van der Waals surface area contributed by atoms with Gasteiger partial charge in [0.2, 0.25) is 0 Å². The molecular formula is C10H20OP2. The second kappa shape index (κ2) is 6.71. The van der Waals surface area contributed by atoms with Crippen molar-refractivity contribution >= 4 is 17.4 Å². The lowest BCUT2D eigenvalue weighted by Gasteiger charge is -2.24. The fraction of sp³-hybridized carbons (Fsp3) is 0.600. The summed E-state index contributed by atoms with van der Waals surface area (Å²) in [6.07, 6.45) is 6.18. The Hall–Kier alpha value is 0.300. The molecule has 0 aliphatic heterocycles. The fourth-order valence-corrected chi connectivity index (χ4v) is 2.24. The molecule has 3 unspecified atom stereocenters. The first-order valence-corrected chi connectivity index (χ1v) is 7.16. The molecule has 0 saturated carbocycles. The first-order chi connectivity index (χ1) is 6.04. The van der Waals surface area contributed by atoms with Crippen molar-refractivity contribution in [2.45, 2.75) is 39.2 Å². The maximum Gasteiger partial charge on any atom is 0.0878 e. The highest BCUT2D eigenvalue weighted by molar-refractivity contribution is 8.00. The minimum Gasteiger partial charge on any atom is -0.348 e. The standard InChI is InChI=1S/C10H20OP2/c1-5-10(4,11-13-12)8-6-7-9(2)3/h5,7,13H,1,6,8,12H2,2-4H3. The zero-order valence-electron chi connectivity index (χ0n) is 8.76. The van der Waals surface area contributed by atoms with E-state index in [0.717, 1.165) is 12.8 Å². The van der Waals surface area contributed by atoms with Gasteiger partial charge in [-0.15, -0.1) is 6.58 Å². The summed E-state index contributed by atoms with van der Waals surface area (Å²) in [5.41, 5.74) is 1.20. The van der Waals surface area contributed by atoms with E-state index < -0.39 is 0 Å². The van der Waals surface area contributed by atoms with Crippen molar-refractivity contribution in [1.29, 1.82) is 0 Å². The van der Waals surface area contributed by atoms with Crippen LogP contribution in [0.3, 0.4) is 0 Å². The second-order valence-electron chi connectivity index (χ2n) is 3.56. The monoisotopic (exact) mass is 218 g/mol. The molecule has 0 spiro atoms. The Bertz CT molecular complexity index is 185.